The first-order valence-electron chi connectivity index (χ1n) is 10.1. The Bertz CT molecular complexity index is 823. The molecule has 5 heteroatoms. The molecule has 0 bridgehead atoms. The summed E-state index contributed by atoms with van der Waals surface area (Å²) >= 11 is 0. The van der Waals surface area contributed by atoms with Crippen LogP contribution in [0.1, 0.15) is 29.5 Å². The monoisotopic (exact) mass is 382 g/mol. The molecule has 1 unspecified atom stereocenters. The number of piperidine rings is 1. The third kappa shape index (κ3) is 3.96. The van der Waals surface area contributed by atoms with Gasteiger partial charge in [-0.15, -0.1) is 0 Å². The van der Waals surface area contributed by atoms with Crippen LogP contribution in [0.2, 0.25) is 0 Å². The minimum absolute atomic E-state index is 0.401. The van der Waals surface area contributed by atoms with Crippen LogP contribution in [-0.4, -0.2) is 54.8 Å². The van der Waals surface area contributed by atoms with Gasteiger partial charge < -0.3 is 14.6 Å². The molecular weight excluding hydrogens is 352 g/mol. The normalized spacial score (nSPS) is 20.6. The highest BCUT2D eigenvalue weighted by Gasteiger charge is 2.29. The topological polar surface area (TPSA) is 45.2 Å². The number of aromatic hydroxyl groups is 1. The zero-order valence-electron chi connectivity index (χ0n) is 16.9. The lowest BCUT2D eigenvalue weighted by Crippen LogP contribution is -2.49. The maximum Gasteiger partial charge on any atom is 0.161 e. The van der Waals surface area contributed by atoms with E-state index in [2.05, 4.69) is 21.9 Å². The average Bonchev–Trinajstić information content (AvgIpc) is 2.74. The number of para-hydroxylation sites is 1. The first-order chi connectivity index (χ1) is 13.7. The van der Waals surface area contributed by atoms with Crippen LogP contribution in [0.3, 0.4) is 0 Å². The van der Waals surface area contributed by atoms with Crippen molar-refractivity contribution in [2.24, 2.45) is 0 Å². The molecule has 2 aromatic carbocycles. The summed E-state index contributed by atoms with van der Waals surface area (Å²) in [6.07, 6.45) is 3.49. The number of benzene rings is 2. The van der Waals surface area contributed by atoms with Gasteiger partial charge >= 0.3 is 0 Å². The Morgan fingerprint density at radius 3 is 2.54 bits per heavy atom. The molecule has 150 valence electrons. The maximum atomic E-state index is 10.1. The number of nitrogens with zero attached hydrogens (tertiary/aromatic N) is 2. The number of hydrogen-bond acceptors (Lipinski definition) is 5. The van der Waals surface area contributed by atoms with E-state index in [1.54, 1.807) is 20.3 Å². The second kappa shape index (κ2) is 8.41. The fourth-order valence-electron chi connectivity index (χ4n) is 4.57. The van der Waals surface area contributed by atoms with E-state index in [1.807, 2.05) is 18.2 Å². The van der Waals surface area contributed by atoms with Crippen LogP contribution in [0, 0.1) is 0 Å². The molecule has 4 rings (SSSR count). The van der Waals surface area contributed by atoms with Crippen molar-refractivity contribution in [1.29, 1.82) is 0 Å². The fourth-order valence-corrected chi connectivity index (χ4v) is 4.57. The number of phenolic OH excluding ortho intramolecular Hbond substituents is 1. The van der Waals surface area contributed by atoms with E-state index >= 15 is 0 Å². The van der Waals surface area contributed by atoms with Crippen molar-refractivity contribution in [3.63, 3.8) is 0 Å². The van der Waals surface area contributed by atoms with E-state index in [9.17, 15) is 5.11 Å². The molecule has 0 amide bonds. The van der Waals surface area contributed by atoms with Gasteiger partial charge in [-0.1, -0.05) is 18.2 Å². The van der Waals surface area contributed by atoms with E-state index in [0.29, 0.717) is 11.8 Å². The van der Waals surface area contributed by atoms with Crippen molar-refractivity contribution in [3.05, 3.63) is 53.1 Å². The van der Waals surface area contributed by atoms with E-state index in [4.69, 9.17) is 9.47 Å². The molecule has 0 aromatic heterocycles. The van der Waals surface area contributed by atoms with Gasteiger partial charge in [0, 0.05) is 37.8 Å². The van der Waals surface area contributed by atoms with Crippen molar-refractivity contribution in [2.45, 2.75) is 38.4 Å². The van der Waals surface area contributed by atoms with Crippen LogP contribution >= 0.6 is 0 Å². The Morgan fingerprint density at radius 1 is 1.04 bits per heavy atom. The summed E-state index contributed by atoms with van der Waals surface area (Å²) in [5, 5.41) is 10.1. The third-order valence-electron chi connectivity index (χ3n) is 6.13. The lowest BCUT2D eigenvalue weighted by molar-refractivity contribution is 0.0833. The summed E-state index contributed by atoms with van der Waals surface area (Å²) < 4.78 is 11.0. The Morgan fingerprint density at radius 2 is 1.79 bits per heavy atom. The van der Waals surface area contributed by atoms with Gasteiger partial charge in [0.15, 0.2) is 11.5 Å². The molecule has 28 heavy (non-hydrogen) atoms. The smallest absolute Gasteiger partial charge is 0.161 e. The standard InChI is InChI=1S/C23H30N2O3/c1-27-22-12-17-9-11-25(15-19(17)13-23(22)28-2)20-7-5-10-24(16-20)14-18-6-3-4-8-21(18)26/h3-4,6,8,12-13,20,26H,5,7,9-11,14-16H2,1-2H3. The molecule has 0 aliphatic carbocycles. The van der Waals surface area contributed by atoms with Crippen molar-refractivity contribution >= 4 is 0 Å². The Hall–Kier alpha value is -2.24. The molecule has 1 fully saturated rings. The van der Waals surface area contributed by atoms with Crippen LogP contribution in [0.25, 0.3) is 0 Å². The number of methoxy groups -OCH3 is 2. The fraction of sp³-hybridized carbons (Fsp3) is 0.478. The van der Waals surface area contributed by atoms with Gasteiger partial charge in [0.05, 0.1) is 14.2 Å². The van der Waals surface area contributed by atoms with Gasteiger partial charge in [0.1, 0.15) is 5.75 Å². The number of phenols is 1. The van der Waals surface area contributed by atoms with E-state index < -0.39 is 0 Å². The second-order valence-electron chi connectivity index (χ2n) is 7.86. The van der Waals surface area contributed by atoms with E-state index in [0.717, 1.165) is 56.2 Å². The average molecular weight is 383 g/mol. The van der Waals surface area contributed by atoms with Crippen LogP contribution in [0.4, 0.5) is 0 Å². The third-order valence-corrected chi connectivity index (χ3v) is 6.13. The molecule has 0 saturated carbocycles. The first-order valence-corrected chi connectivity index (χ1v) is 10.1. The lowest BCUT2D eigenvalue weighted by atomic mass is 9.95. The molecule has 1 atom stereocenters. The van der Waals surface area contributed by atoms with Gasteiger partial charge in [0.25, 0.3) is 0 Å². The Balaban J connectivity index is 1.44. The summed E-state index contributed by atoms with van der Waals surface area (Å²) in [7, 11) is 3.39. The van der Waals surface area contributed by atoms with Crippen molar-refractivity contribution in [1.82, 2.24) is 9.80 Å². The van der Waals surface area contributed by atoms with Crippen molar-refractivity contribution < 1.29 is 14.6 Å². The molecule has 2 aliphatic rings. The molecule has 2 aliphatic heterocycles. The predicted molar refractivity (Wildman–Crippen MR) is 110 cm³/mol. The van der Waals surface area contributed by atoms with Crippen molar-refractivity contribution in [3.8, 4) is 17.2 Å². The van der Waals surface area contributed by atoms with Crippen LogP contribution in [0.5, 0.6) is 17.2 Å². The first kappa shape index (κ1) is 19.1. The number of rotatable bonds is 5. The van der Waals surface area contributed by atoms with Crippen LogP contribution in [-0.2, 0) is 19.5 Å². The largest absolute Gasteiger partial charge is 0.508 e. The highest BCUT2D eigenvalue weighted by Crippen LogP contribution is 2.34. The van der Waals surface area contributed by atoms with E-state index in [1.165, 1.54) is 24.0 Å². The summed E-state index contributed by atoms with van der Waals surface area (Å²) in [6, 6.07) is 12.5. The quantitative estimate of drug-likeness (QED) is 0.858. The summed E-state index contributed by atoms with van der Waals surface area (Å²) in [4.78, 5) is 5.10. The van der Waals surface area contributed by atoms with Gasteiger partial charge in [-0.05, 0) is 55.1 Å². The SMILES string of the molecule is COc1cc2c(cc1OC)CN(C1CCCN(Cc3ccccc3O)C1)CC2. The lowest BCUT2D eigenvalue weighted by Gasteiger charge is -2.41. The molecule has 1 saturated heterocycles. The Kier molecular flexibility index (Phi) is 5.74. The van der Waals surface area contributed by atoms with Gasteiger partial charge in [-0.25, -0.2) is 0 Å². The molecule has 0 spiro atoms. The molecular formula is C23H30N2O3. The van der Waals surface area contributed by atoms with Crippen LogP contribution < -0.4 is 9.47 Å². The maximum absolute atomic E-state index is 10.1. The predicted octanol–water partition coefficient (Wildman–Crippen LogP) is 3.43. The van der Waals surface area contributed by atoms with Crippen LogP contribution in [0.15, 0.2) is 36.4 Å². The minimum atomic E-state index is 0.401. The molecule has 2 heterocycles. The number of fused-ring (bicyclic) bond motifs is 1. The zero-order valence-corrected chi connectivity index (χ0v) is 16.9. The van der Waals surface area contributed by atoms with Crippen molar-refractivity contribution in [2.75, 3.05) is 33.9 Å². The van der Waals surface area contributed by atoms with Gasteiger partial charge in [-0.3, -0.25) is 9.80 Å². The Labute approximate surface area is 167 Å². The van der Waals surface area contributed by atoms with Gasteiger partial charge in [-0.2, -0.15) is 0 Å². The molecule has 2 aromatic rings. The minimum Gasteiger partial charge on any atom is -0.508 e. The zero-order chi connectivity index (χ0) is 19.5. The molecule has 5 nitrogen and oxygen atoms in total. The number of hydrogen-bond donors (Lipinski definition) is 1. The summed E-state index contributed by atoms with van der Waals surface area (Å²) in [5.41, 5.74) is 3.74. The van der Waals surface area contributed by atoms with E-state index in [-0.39, 0.29) is 0 Å². The number of likely N-dealkylation sites (tertiary alicyclic amines) is 1. The summed E-state index contributed by atoms with van der Waals surface area (Å²) in [5.74, 6) is 2.03. The highest BCUT2D eigenvalue weighted by molar-refractivity contribution is 5.48. The summed E-state index contributed by atoms with van der Waals surface area (Å²) in [6.45, 7) is 5.01. The van der Waals surface area contributed by atoms with Gasteiger partial charge in [0.2, 0.25) is 0 Å². The number of ether oxygens (including phenoxy) is 2. The molecule has 1 N–H and O–H groups in total. The molecule has 0 radical (unpaired) electrons. The highest BCUT2D eigenvalue weighted by atomic mass is 16.5. The second-order valence-corrected chi connectivity index (χ2v) is 7.86.